The minimum atomic E-state index is -0.517. The highest BCUT2D eigenvalue weighted by Gasteiger charge is 2.16. The van der Waals surface area contributed by atoms with Crippen molar-refractivity contribution in [2.24, 2.45) is 7.05 Å². The highest BCUT2D eigenvalue weighted by atomic mass is 16.2. The SMILES string of the molecule is Cn1c(=O)[nH]c(=O)c2c1nc(N)n2Cc1ccccc1-c1ccccc1. The molecule has 4 aromatic rings. The molecule has 0 aliphatic carbocycles. The summed E-state index contributed by atoms with van der Waals surface area (Å²) in [6, 6.07) is 17.9. The summed E-state index contributed by atoms with van der Waals surface area (Å²) < 4.78 is 2.92. The quantitative estimate of drug-likeness (QED) is 0.589. The molecule has 7 nitrogen and oxygen atoms in total. The largest absolute Gasteiger partial charge is 0.369 e. The Hall–Kier alpha value is -3.61. The number of aryl methyl sites for hydroxylation is 1. The van der Waals surface area contributed by atoms with E-state index < -0.39 is 11.2 Å². The zero-order chi connectivity index (χ0) is 18.3. The van der Waals surface area contributed by atoms with Crippen molar-refractivity contribution in [1.29, 1.82) is 0 Å². The van der Waals surface area contributed by atoms with Gasteiger partial charge in [0.2, 0.25) is 5.95 Å². The van der Waals surface area contributed by atoms with Gasteiger partial charge in [-0.05, 0) is 16.7 Å². The van der Waals surface area contributed by atoms with Crippen LogP contribution in [0.25, 0.3) is 22.3 Å². The predicted octanol–water partition coefficient (Wildman–Crippen LogP) is 1.72. The Labute approximate surface area is 148 Å². The van der Waals surface area contributed by atoms with Crippen LogP contribution in [0.4, 0.5) is 5.95 Å². The number of nitrogens with zero attached hydrogens (tertiary/aromatic N) is 3. The zero-order valence-electron chi connectivity index (χ0n) is 14.1. The number of hydrogen-bond donors (Lipinski definition) is 2. The lowest BCUT2D eigenvalue weighted by Gasteiger charge is -2.12. The highest BCUT2D eigenvalue weighted by Crippen LogP contribution is 2.25. The molecule has 0 saturated heterocycles. The van der Waals surface area contributed by atoms with E-state index in [-0.39, 0.29) is 17.1 Å². The number of nitrogens with two attached hydrogens (primary N) is 1. The van der Waals surface area contributed by atoms with E-state index in [2.05, 4.69) is 9.97 Å². The summed E-state index contributed by atoms with van der Waals surface area (Å²) in [7, 11) is 1.55. The van der Waals surface area contributed by atoms with Gasteiger partial charge in [-0.2, -0.15) is 4.98 Å². The van der Waals surface area contributed by atoms with Crippen LogP contribution in [0.1, 0.15) is 5.56 Å². The van der Waals surface area contributed by atoms with Crippen molar-refractivity contribution in [3.05, 3.63) is 81.0 Å². The maximum Gasteiger partial charge on any atom is 0.329 e. The fourth-order valence-corrected chi connectivity index (χ4v) is 3.14. The lowest BCUT2D eigenvalue weighted by molar-refractivity contribution is 0.813. The van der Waals surface area contributed by atoms with Crippen molar-refractivity contribution in [2.75, 3.05) is 5.73 Å². The third-order valence-corrected chi connectivity index (χ3v) is 4.47. The van der Waals surface area contributed by atoms with E-state index in [1.165, 1.54) is 4.57 Å². The van der Waals surface area contributed by atoms with Gasteiger partial charge in [-0.15, -0.1) is 0 Å². The molecule has 4 rings (SSSR count). The highest BCUT2D eigenvalue weighted by molar-refractivity contribution is 5.74. The Bertz CT molecular complexity index is 1220. The van der Waals surface area contributed by atoms with Crippen molar-refractivity contribution in [1.82, 2.24) is 19.1 Å². The third-order valence-electron chi connectivity index (χ3n) is 4.47. The van der Waals surface area contributed by atoms with Gasteiger partial charge >= 0.3 is 5.69 Å². The van der Waals surface area contributed by atoms with Crippen molar-refractivity contribution in [2.45, 2.75) is 6.54 Å². The minimum Gasteiger partial charge on any atom is -0.369 e. The average Bonchev–Trinajstić information content (AvgIpc) is 2.98. The van der Waals surface area contributed by atoms with Gasteiger partial charge in [-0.3, -0.25) is 14.3 Å². The fourth-order valence-electron chi connectivity index (χ4n) is 3.14. The number of fused-ring (bicyclic) bond motifs is 1. The van der Waals surface area contributed by atoms with Crippen LogP contribution in [0.3, 0.4) is 0 Å². The van der Waals surface area contributed by atoms with Gasteiger partial charge in [-0.25, -0.2) is 4.79 Å². The molecule has 3 N–H and O–H groups in total. The molecule has 0 aliphatic heterocycles. The number of imidazole rings is 1. The number of nitrogen functional groups attached to an aromatic ring is 1. The molecule has 2 aromatic heterocycles. The summed E-state index contributed by atoms with van der Waals surface area (Å²) in [6.45, 7) is 0.370. The Morgan fingerprint density at radius 2 is 1.73 bits per heavy atom. The predicted molar refractivity (Wildman–Crippen MR) is 101 cm³/mol. The van der Waals surface area contributed by atoms with Crippen LogP contribution >= 0.6 is 0 Å². The number of rotatable bonds is 3. The smallest absolute Gasteiger partial charge is 0.329 e. The summed E-state index contributed by atoms with van der Waals surface area (Å²) in [5.74, 6) is 0.189. The molecule has 7 heteroatoms. The van der Waals surface area contributed by atoms with Crippen LogP contribution < -0.4 is 17.0 Å². The number of aromatic amines is 1. The molecule has 0 fully saturated rings. The molecule has 2 aromatic carbocycles. The van der Waals surface area contributed by atoms with E-state index in [0.717, 1.165) is 16.7 Å². The van der Waals surface area contributed by atoms with Gasteiger partial charge in [0.1, 0.15) is 0 Å². The lowest BCUT2D eigenvalue weighted by Crippen LogP contribution is -2.29. The van der Waals surface area contributed by atoms with Crippen LogP contribution in [0.15, 0.2) is 64.2 Å². The Morgan fingerprint density at radius 3 is 2.50 bits per heavy atom. The van der Waals surface area contributed by atoms with Crippen molar-refractivity contribution >= 4 is 17.1 Å². The first-order chi connectivity index (χ1) is 12.6. The second-order valence-electron chi connectivity index (χ2n) is 6.07. The van der Waals surface area contributed by atoms with Crippen molar-refractivity contribution in [3.63, 3.8) is 0 Å². The normalized spacial score (nSPS) is 11.1. The van der Waals surface area contributed by atoms with Crippen LogP contribution in [0, 0.1) is 0 Å². The number of hydrogen-bond acceptors (Lipinski definition) is 4. The topological polar surface area (TPSA) is 98.7 Å². The van der Waals surface area contributed by atoms with E-state index in [4.69, 9.17) is 5.73 Å². The molecule has 0 atom stereocenters. The molecule has 0 unspecified atom stereocenters. The standard InChI is InChI=1S/C19H17N5O2/c1-23-16-15(17(25)22-19(23)26)24(18(20)21-16)11-13-9-5-6-10-14(13)12-7-3-2-4-8-12/h2-10H,11H2,1H3,(H2,20,21)(H,22,25,26). The van der Waals surface area contributed by atoms with Crippen LogP contribution in [-0.2, 0) is 13.6 Å². The Kier molecular flexibility index (Phi) is 3.69. The molecule has 0 radical (unpaired) electrons. The first kappa shape index (κ1) is 15.9. The number of anilines is 1. The Morgan fingerprint density at radius 1 is 1.04 bits per heavy atom. The summed E-state index contributed by atoms with van der Waals surface area (Å²) >= 11 is 0. The molecule has 0 amide bonds. The number of nitrogens with one attached hydrogen (secondary N) is 1. The molecular weight excluding hydrogens is 330 g/mol. The van der Waals surface area contributed by atoms with Crippen LogP contribution in [0.5, 0.6) is 0 Å². The van der Waals surface area contributed by atoms with Gasteiger partial charge < -0.3 is 10.3 Å². The van der Waals surface area contributed by atoms with Gasteiger partial charge in [0.05, 0.1) is 6.54 Å². The molecular formula is C19H17N5O2. The first-order valence-corrected chi connectivity index (χ1v) is 8.14. The maximum atomic E-state index is 12.3. The summed E-state index contributed by atoms with van der Waals surface area (Å²) in [5.41, 5.74) is 8.73. The third kappa shape index (κ3) is 2.50. The number of aromatic nitrogens is 4. The van der Waals surface area contributed by atoms with E-state index in [1.54, 1.807) is 11.6 Å². The van der Waals surface area contributed by atoms with E-state index >= 15 is 0 Å². The van der Waals surface area contributed by atoms with Crippen molar-refractivity contribution in [3.8, 4) is 11.1 Å². The summed E-state index contributed by atoms with van der Waals surface area (Å²) in [6.07, 6.45) is 0. The monoisotopic (exact) mass is 347 g/mol. The summed E-state index contributed by atoms with van der Waals surface area (Å²) in [5, 5.41) is 0. The van der Waals surface area contributed by atoms with E-state index in [9.17, 15) is 9.59 Å². The van der Waals surface area contributed by atoms with Gasteiger partial charge in [0.25, 0.3) is 5.56 Å². The van der Waals surface area contributed by atoms with Gasteiger partial charge in [-0.1, -0.05) is 54.6 Å². The second kappa shape index (κ2) is 6.03. The van der Waals surface area contributed by atoms with Gasteiger partial charge in [0.15, 0.2) is 11.2 Å². The molecule has 0 saturated carbocycles. The molecule has 130 valence electrons. The van der Waals surface area contributed by atoms with Crippen LogP contribution in [0.2, 0.25) is 0 Å². The first-order valence-electron chi connectivity index (χ1n) is 8.14. The molecule has 0 aliphatic rings. The molecule has 0 spiro atoms. The van der Waals surface area contributed by atoms with Crippen LogP contribution in [-0.4, -0.2) is 19.1 Å². The maximum absolute atomic E-state index is 12.3. The second-order valence-corrected chi connectivity index (χ2v) is 6.07. The van der Waals surface area contributed by atoms with Gasteiger partial charge in [0, 0.05) is 7.05 Å². The molecule has 26 heavy (non-hydrogen) atoms. The fraction of sp³-hybridized carbons (Fsp3) is 0.105. The summed E-state index contributed by atoms with van der Waals surface area (Å²) in [4.78, 5) is 30.7. The lowest BCUT2D eigenvalue weighted by atomic mass is 10.00. The average molecular weight is 347 g/mol. The Balaban J connectivity index is 1.90. The minimum absolute atomic E-state index is 0.189. The number of benzene rings is 2. The van der Waals surface area contributed by atoms with E-state index in [0.29, 0.717) is 6.54 Å². The molecule has 2 heterocycles. The number of H-pyrrole nitrogens is 1. The van der Waals surface area contributed by atoms with E-state index in [1.807, 2.05) is 54.6 Å². The molecule has 0 bridgehead atoms. The van der Waals surface area contributed by atoms with Crippen molar-refractivity contribution < 1.29 is 0 Å². The zero-order valence-corrected chi connectivity index (χ0v) is 14.1.